The van der Waals surface area contributed by atoms with E-state index in [-0.39, 0.29) is 58.2 Å². The third-order valence-corrected chi connectivity index (χ3v) is 0.301. The molecule has 0 aromatic rings. The number of Topliss-reactive ketones (excluding diaryl/α,β-unsaturated/α-hetero) is 1. The summed E-state index contributed by atoms with van der Waals surface area (Å²) in [4.78, 5) is 18.9. The van der Waals surface area contributed by atoms with Crippen LogP contribution in [0.2, 0.25) is 0 Å². The van der Waals surface area contributed by atoms with E-state index in [1.54, 1.807) is 0 Å². The van der Waals surface area contributed by atoms with Gasteiger partial charge in [0.25, 0.3) is 0 Å². The molecule has 3 nitrogen and oxygen atoms in total. The predicted molar refractivity (Wildman–Crippen MR) is 24.1 cm³/mol. The molecule has 4 heteroatoms. The number of hydrogen-bond acceptors (Lipinski definition) is 2. The van der Waals surface area contributed by atoms with Crippen molar-refractivity contribution in [2.75, 3.05) is 0 Å². The number of rotatable bonds is 1. The molecule has 0 aromatic heterocycles. The number of hydrogen-bond donors (Lipinski definition) is 1. The van der Waals surface area contributed by atoms with Gasteiger partial charge in [-0.25, -0.2) is 4.79 Å². The van der Waals surface area contributed by atoms with Crippen molar-refractivity contribution < 1.29 is 14.7 Å². The predicted octanol–water partition coefficient (Wildman–Crippen LogP) is -0.721. The molecule has 0 aliphatic rings. The number of aliphatic carboxylic acids is 1. The molecule has 1 N–H and O–H groups in total. The van der Waals surface area contributed by atoms with Gasteiger partial charge in [0.15, 0.2) is 0 Å². The molecule has 0 saturated carbocycles. The minimum absolute atomic E-state index is 0. The zero-order valence-electron chi connectivity index (χ0n) is 4.26. The Hall–Kier alpha value is 0.945. The van der Waals surface area contributed by atoms with Crippen molar-refractivity contribution in [3.8, 4) is 0 Å². The first-order chi connectivity index (χ1) is 2.64. The molecule has 0 bridgehead atoms. The molecule has 0 heterocycles. The third kappa shape index (κ3) is 6.95. The minimum atomic E-state index is -1.38. The topological polar surface area (TPSA) is 54.4 Å². The summed E-state index contributed by atoms with van der Waals surface area (Å²) >= 11 is 0. The zero-order valence-corrected chi connectivity index (χ0v) is 9.18. The van der Waals surface area contributed by atoms with Crippen LogP contribution in [0, 0.1) is 0 Å². The van der Waals surface area contributed by atoms with Crippen LogP contribution in [0.5, 0.6) is 0 Å². The van der Waals surface area contributed by atoms with Crippen LogP contribution in [0.1, 0.15) is 6.92 Å². The minimum Gasteiger partial charge on any atom is -0.476 e. The Labute approximate surface area is 89.9 Å². The van der Waals surface area contributed by atoms with Crippen molar-refractivity contribution in [1.82, 2.24) is 0 Å². The Bertz CT molecular complexity index is 76.2. The van der Waals surface area contributed by atoms with Gasteiger partial charge in [-0.15, -0.1) is 0 Å². The summed E-state index contributed by atoms with van der Waals surface area (Å²) in [5.41, 5.74) is 0. The molecule has 0 amide bonds. The zero-order chi connectivity index (χ0) is 5.15. The van der Waals surface area contributed by atoms with Crippen LogP contribution < -0.4 is 0 Å². The fraction of sp³-hybridized carbons (Fsp3) is 0.333. The Morgan fingerprint density at radius 2 is 1.57 bits per heavy atom. The fourth-order valence-corrected chi connectivity index (χ4v) is 0. The Morgan fingerprint density at radius 3 is 1.57 bits per heavy atom. The first-order valence-corrected chi connectivity index (χ1v) is 1.38. The van der Waals surface area contributed by atoms with Gasteiger partial charge in [-0.05, 0) is 0 Å². The number of carboxylic acids is 1. The molecular weight excluding hydrogens is 169 g/mol. The second kappa shape index (κ2) is 5.09. The van der Waals surface area contributed by atoms with Gasteiger partial charge < -0.3 is 5.11 Å². The average Bonchev–Trinajstić information content (AvgIpc) is 1.36. The van der Waals surface area contributed by atoms with E-state index in [0.29, 0.717) is 0 Å². The van der Waals surface area contributed by atoms with Gasteiger partial charge >= 0.3 is 5.97 Å². The summed E-state index contributed by atoms with van der Waals surface area (Å²) in [5, 5.41) is 7.64. The van der Waals surface area contributed by atoms with Crippen molar-refractivity contribution in [3.05, 3.63) is 0 Å². The van der Waals surface area contributed by atoms with Crippen molar-refractivity contribution in [2.45, 2.75) is 6.92 Å². The van der Waals surface area contributed by atoms with E-state index in [1.165, 1.54) is 0 Å². The third-order valence-electron chi connectivity index (χ3n) is 0.301. The second-order valence-corrected chi connectivity index (χ2v) is 0.861. The van der Waals surface area contributed by atoms with Crippen LogP contribution in [-0.4, -0.2) is 75.0 Å². The van der Waals surface area contributed by atoms with Crippen LogP contribution >= 0.6 is 0 Å². The van der Waals surface area contributed by atoms with Gasteiger partial charge in [-0.1, -0.05) is 0 Å². The molecule has 0 unspecified atom stereocenters. The van der Waals surface area contributed by atoms with Gasteiger partial charge in [0, 0.05) is 65.1 Å². The van der Waals surface area contributed by atoms with Crippen LogP contribution in [0.4, 0.5) is 0 Å². The van der Waals surface area contributed by atoms with E-state index in [9.17, 15) is 9.59 Å². The molecular formula is C3H4O3Rb. The maximum atomic E-state index is 9.54. The van der Waals surface area contributed by atoms with Crippen LogP contribution in [0.3, 0.4) is 0 Å². The first kappa shape index (κ1) is 10.8. The molecule has 0 saturated heterocycles. The largest absolute Gasteiger partial charge is 0.476 e. The van der Waals surface area contributed by atoms with Crippen molar-refractivity contribution >= 4 is 69.9 Å². The summed E-state index contributed by atoms with van der Waals surface area (Å²) in [6, 6.07) is 0. The van der Waals surface area contributed by atoms with E-state index < -0.39 is 11.8 Å². The second-order valence-electron chi connectivity index (χ2n) is 0.861. The van der Waals surface area contributed by atoms with Gasteiger partial charge in [-0.3, -0.25) is 4.79 Å². The Balaban J connectivity index is 0. The van der Waals surface area contributed by atoms with E-state index >= 15 is 0 Å². The van der Waals surface area contributed by atoms with Crippen molar-refractivity contribution in [3.63, 3.8) is 0 Å². The van der Waals surface area contributed by atoms with E-state index in [1.807, 2.05) is 0 Å². The number of carbonyl (C=O) groups excluding carboxylic acids is 1. The molecule has 0 spiro atoms. The van der Waals surface area contributed by atoms with Crippen LogP contribution in [-0.2, 0) is 9.59 Å². The van der Waals surface area contributed by atoms with E-state index in [4.69, 9.17) is 5.11 Å². The van der Waals surface area contributed by atoms with Gasteiger partial charge in [0.1, 0.15) is 0 Å². The first-order valence-electron chi connectivity index (χ1n) is 1.38. The number of carbonyl (C=O) groups is 2. The van der Waals surface area contributed by atoms with Crippen LogP contribution in [0.15, 0.2) is 0 Å². The standard InChI is InChI=1S/C3H4O3.Rb/c1-2(4)3(5)6;/h1H3,(H,5,6);. The van der Waals surface area contributed by atoms with Crippen LogP contribution in [0.25, 0.3) is 0 Å². The molecule has 1 radical (unpaired) electrons. The monoisotopic (exact) mass is 173 g/mol. The number of carboxylic acid groups (broad SMARTS) is 1. The quantitative estimate of drug-likeness (QED) is 0.533. The molecule has 0 rings (SSSR count). The molecule has 0 atom stereocenters. The van der Waals surface area contributed by atoms with Crippen molar-refractivity contribution in [2.24, 2.45) is 0 Å². The summed E-state index contributed by atoms with van der Waals surface area (Å²) in [6.07, 6.45) is 0. The van der Waals surface area contributed by atoms with E-state index in [2.05, 4.69) is 0 Å². The Morgan fingerprint density at radius 1 is 1.43 bits per heavy atom. The normalized spacial score (nSPS) is 6.43. The fourth-order valence-electron chi connectivity index (χ4n) is 0. The molecule has 7 heavy (non-hydrogen) atoms. The molecule has 0 aliphatic heterocycles. The molecule has 0 aliphatic carbocycles. The van der Waals surface area contributed by atoms with E-state index in [0.717, 1.165) is 6.92 Å². The maximum Gasteiger partial charge on any atom is 0.371 e. The number of ketones is 1. The molecule has 0 fully saturated rings. The summed E-state index contributed by atoms with van der Waals surface area (Å²) < 4.78 is 0. The van der Waals surface area contributed by atoms with Gasteiger partial charge in [-0.2, -0.15) is 0 Å². The SMILES string of the molecule is CC(=O)C(=O)O.[Rb]. The summed E-state index contributed by atoms with van der Waals surface area (Å²) in [5.74, 6) is -2.20. The summed E-state index contributed by atoms with van der Waals surface area (Å²) in [6.45, 7) is 1.00. The average molecular weight is 174 g/mol. The smallest absolute Gasteiger partial charge is 0.371 e. The summed E-state index contributed by atoms with van der Waals surface area (Å²) in [7, 11) is 0. The maximum absolute atomic E-state index is 9.54. The van der Waals surface area contributed by atoms with Gasteiger partial charge in [0.2, 0.25) is 5.78 Å². The molecule has 0 aromatic carbocycles. The van der Waals surface area contributed by atoms with Crippen molar-refractivity contribution in [1.29, 1.82) is 0 Å². The van der Waals surface area contributed by atoms with Gasteiger partial charge in [0.05, 0.1) is 0 Å². The Kier molecular flexibility index (Phi) is 7.88. The molecule has 35 valence electrons.